The molecule has 19 heavy (non-hydrogen) atoms. The highest BCUT2D eigenvalue weighted by molar-refractivity contribution is 9.10. The van der Waals surface area contributed by atoms with E-state index in [4.69, 9.17) is 5.73 Å². The molecule has 9 heteroatoms. The molecular formula is C10H9BrFN3O2S2. The molecule has 0 spiro atoms. The van der Waals surface area contributed by atoms with Gasteiger partial charge < -0.3 is 5.73 Å². The zero-order chi connectivity index (χ0) is 14.2. The quantitative estimate of drug-likeness (QED) is 0.818. The number of nitrogens with zero attached hydrogens (tertiary/aromatic N) is 1. The Morgan fingerprint density at radius 3 is 2.74 bits per heavy atom. The van der Waals surface area contributed by atoms with E-state index in [9.17, 15) is 12.8 Å². The summed E-state index contributed by atoms with van der Waals surface area (Å²) >= 11 is 4.12. The van der Waals surface area contributed by atoms with E-state index in [0.717, 1.165) is 17.0 Å². The Morgan fingerprint density at radius 2 is 2.16 bits per heavy atom. The number of aromatic nitrogens is 1. The number of nitrogen functional groups attached to an aromatic ring is 1. The Kier molecular flexibility index (Phi) is 3.79. The van der Waals surface area contributed by atoms with Gasteiger partial charge in [0.1, 0.15) is 10.7 Å². The van der Waals surface area contributed by atoms with Gasteiger partial charge in [-0.15, -0.1) is 11.3 Å². The number of nitrogens with one attached hydrogen (secondary N) is 1. The molecule has 0 aliphatic rings. The lowest BCUT2D eigenvalue weighted by Crippen LogP contribution is -2.15. The van der Waals surface area contributed by atoms with Crippen molar-refractivity contribution in [3.05, 3.63) is 33.5 Å². The summed E-state index contributed by atoms with van der Waals surface area (Å²) in [5, 5.41) is 0.234. The van der Waals surface area contributed by atoms with Gasteiger partial charge in [0.05, 0.1) is 10.2 Å². The summed E-state index contributed by atoms with van der Waals surface area (Å²) in [5.74, 6) is -0.624. The third-order valence-electron chi connectivity index (χ3n) is 2.19. The highest BCUT2D eigenvalue weighted by Gasteiger charge is 2.21. The number of thiazole rings is 1. The number of benzene rings is 1. The Bertz CT molecular complexity index is 730. The molecule has 0 unspecified atom stereocenters. The van der Waals surface area contributed by atoms with E-state index in [1.807, 2.05) is 0 Å². The minimum absolute atomic E-state index is 0.0254. The summed E-state index contributed by atoms with van der Waals surface area (Å²) in [7, 11) is -3.89. The predicted octanol–water partition coefficient (Wildman–Crippen LogP) is 2.74. The average molecular weight is 366 g/mol. The number of rotatable bonds is 3. The lowest BCUT2D eigenvalue weighted by Gasteiger charge is -2.09. The van der Waals surface area contributed by atoms with Crippen LogP contribution in [0.15, 0.2) is 27.7 Å². The fourth-order valence-electron chi connectivity index (χ4n) is 1.35. The van der Waals surface area contributed by atoms with Crippen molar-refractivity contribution in [1.82, 2.24) is 4.98 Å². The topological polar surface area (TPSA) is 85.1 Å². The first-order chi connectivity index (χ1) is 8.79. The van der Waals surface area contributed by atoms with Gasteiger partial charge in [0.25, 0.3) is 10.0 Å². The molecule has 0 bridgehead atoms. The first kappa shape index (κ1) is 14.2. The normalized spacial score (nSPS) is 11.5. The maximum atomic E-state index is 13.2. The molecule has 0 aliphatic heterocycles. The fourth-order valence-corrected chi connectivity index (χ4v) is 3.89. The number of halogens is 2. The number of anilines is 2. The SMILES string of the molecule is Cc1cnc(NS(=O)(=O)c2cc(Br)c(F)cc2N)s1. The van der Waals surface area contributed by atoms with E-state index in [0.29, 0.717) is 0 Å². The van der Waals surface area contributed by atoms with E-state index in [-0.39, 0.29) is 20.2 Å². The van der Waals surface area contributed by atoms with Crippen LogP contribution in [0, 0.1) is 12.7 Å². The predicted molar refractivity (Wildman–Crippen MR) is 76.2 cm³/mol. The molecule has 0 fully saturated rings. The Labute approximate surface area is 121 Å². The van der Waals surface area contributed by atoms with Crippen LogP contribution < -0.4 is 10.5 Å². The highest BCUT2D eigenvalue weighted by atomic mass is 79.9. The summed E-state index contributed by atoms with van der Waals surface area (Å²) in [6.45, 7) is 1.80. The largest absolute Gasteiger partial charge is 0.398 e. The first-order valence-corrected chi connectivity index (χ1v) is 8.08. The smallest absolute Gasteiger partial charge is 0.265 e. The lowest BCUT2D eigenvalue weighted by atomic mass is 10.3. The van der Waals surface area contributed by atoms with Crippen molar-refractivity contribution >= 4 is 48.1 Å². The molecule has 1 heterocycles. The first-order valence-electron chi connectivity index (χ1n) is 4.99. The van der Waals surface area contributed by atoms with Gasteiger partial charge in [0.2, 0.25) is 0 Å². The van der Waals surface area contributed by atoms with Crippen LogP contribution in [-0.2, 0) is 10.0 Å². The van der Waals surface area contributed by atoms with Crippen molar-refractivity contribution in [2.45, 2.75) is 11.8 Å². The van der Waals surface area contributed by atoms with Crippen LogP contribution >= 0.6 is 27.3 Å². The van der Waals surface area contributed by atoms with E-state index in [1.54, 1.807) is 13.1 Å². The zero-order valence-electron chi connectivity index (χ0n) is 9.65. The molecule has 2 aromatic rings. The molecule has 2 rings (SSSR count). The van der Waals surface area contributed by atoms with Gasteiger partial charge in [-0.25, -0.2) is 17.8 Å². The van der Waals surface area contributed by atoms with Gasteiger partial charge in [-0.2, -0.15) is 0 Å². The second-order valence-electron chi connectivity index (χ2n) is 3.69. The number of sulfonamides is 1. The van der Waals surface area contributed by atoms with Crippen molar-refractivity contribution < 1.29 is 12.8 Å². The van der Waals surface area contributed by atoms with Gasteiger partial charge in [0, 0.05) is 11.1 Å². The molecule has 102 valence electrons. The minimum Gasteiger partial charge on any atom is -0.398 e. The molecule has 1 aromatic carbocycles. The van der Waals surface area contributed by atoms with Gasteiger partial charge >= 0.3 is 0 Å². The maximum Gasteiger partial charge on any atom is 0.265 e. The maximum absolute atomic E-state index is 13.2. The number of hydrogen-bond donors (Lipinski definition) is 2. The minimum atomic E-state index is -3.89. The van der Waals surface area contributed by atoms with Crippen LogP contribution in [0.1, 0.15) is 4.88 Å². The number of aryl methyl sites for hydroxylation is 1. The van der Waals surface area contributed by atoms with Crippen LogP contribution in [0.3, 0.4) is 0 Å². The van der Waals surface area contributed by atoms with Crippen LogP contribution in [0.5, 0.6) is 0 Å². The zero-order valence-corrected chi connectivity index (χ0v) is 12.9. The summed E-state index contributed by atoms with van der Waals surface area (Å²) in [6, 6.07) is 2.07. The van der Waals surface area contributed by atoms with E-state index < -0.39 is 15.8 Å². The molecule has 0 saturated heterocycles. The molecule has 0 aliphatic carbocycles. The van der Waals surface area contributed by atoms with Gasteiger partial charge in [-0.3, -0.25) is 4.72 Å². The van der Waals surface area contributed by atoms with Crippen LogP contribution in [-0.4, -0.2) is 13.4 Å². The van der Waals surface area contributed by atoms with E-state index >= 15 is 0 Å². The van der Waals surface area contributed by atoms with Crippen molar-refractivity contribution in [2.75, 3.05) is 10.5 Å². The summed E-state index contributed by atoms with van der Waals surface area (Å²) in [4.78, 5) is 4.56. The molecule has 0 amide bonds. The van der Waals surface area contributed by atoms with Gasteiger partial charge in [0.15, 0.2) is 5.13 Å². The van der Waals surface area contributed by atoms with Crippen LogP contribution in [0.25, 0.3) is 0 Å². The van der Waals surface area contributed by atoms with E-state index in [1.165, 1.54) is 11.3 Å². The standard InChI is InChI=1S/C10H9BrFN3O2S2/c1-5-4-14-10(18-5)15-19(16,17)9-2-6(11)7(12)3-8(9)13/h2-4H,13H2,1H3,(H,14,15). The summed E-state index contributed by atoms with van der Waals surface area (Å²) in [5.41, 5.74) is 5.37. The van der Waals surface area contributed by atoms with Crippen molar-refractivity contribution in [3.8, 4) is 0 Å². The van der Waals surface area contributed by atoms with Crippen molar-refractivity contribution in [2.24, 2.45) is 0 Å². The molecule has 0 saturated carbocycles. The fraction of sp³-hybridized carbons (Fsp3) is 0.100. The summed E-state index contributed by atoms with van der Waals surface area (Å²) < 4.78 is 39.8. The Morgan fingerprint density at radius 1 is 1.47 bits per heavy atom. The van der Waals surface area contributed by atoms with Crippen LogP contribution in [0.2, 0.25) is 0 Å². The molecule has 0 radical (unpaired) electrons. The number of nitrogens with two attached hydrogens (primary N) is 1. The van der Waals surface area contributed by atoms with E-state index in [2.05, 4.69) is 25.6 Å². The number of hydrogen-bond acceptors (Lipinski definition) is 5. The molecule has 3 N–H and O–H groups in total. The average Bonchev–Trinajstić information content (AvgIpc) is 2.68. The third kappa shape index (κ3) is 3.04. The summed E-state index contributed by atoms with van der Waals surface area (Å²) in [6.07, 6.45) is 1.55. The van der Waals surface area contributed by atoms with Crippen molar-refractivity contribution in [3.63, 3.8) is 0 Å². The van der Waals surface area contributed by atoms with Gasteiger partial charge in [-0.1, -0.05) is 0 Å². The van der Waals surface area contributed by atoms with Crippen molar-refractivity contribution in [1.29, 1.82) is 0 Å². The van der Waals surface area contributed by atoms with Crippen LogP contribution in [0.4, 0.5) is 15.2 Å². The Hall–Kier alpha value is -1.19. The third-order valence-corrected chi connectivity index (χ3v) is 5.14. The molecular weight excluding hydrogens is 357 g/mol. The molecule has 0 atom stereocenters. The second kappa shape index (κ2) is 5.06. The highest BCUT2D eigenvalue weighted by Crippen LogP contribution is 2.28. The lowest BCUT2D eigenvalue weighted by molar-refractivity contribution is 0.599. The Balaban J connectivity index is 2.42. The van der Waals surface area contributed by atoms with Gasteiger partial charge in [-0.05, 0) is 35.0 Å². The second-order valence-corrected chi connectivity index (χ2v) is 7.43. The monoisotopic (exact) mass is 365 g/mol. The molecule has 5 nitrogen and oxygen atoms in total. The molecule has 1 aromatic heterocycles.